The second kappa shape index (κ2) is 14.1. The van der Waals surface area contributed by atoms with Crippen molar-refractivity contribution < 1.29 is 46.3 Å². The molecule has 5 aliphatic rings. The first-order valence-corrected chi connectivity index (χ1v) is 19.2. The number of allylic oxidation sites excluding steroid dienone is 1. The lowest BCUT2D eigenvalue weighted by Crippen LogP contribution is -2.58. The molecule has 3 heterocycles. The highest BCUT2D eigenvalue weighted by Gasteiger charge is 2.62. The standard InChI is InChI=1S/C35H46FN5O9S/c1-34(2,3)50-32(45)37-27-13-8-6-4-5-7-11-22-17-35(22,31(44)39-51(47,48)24-14-15-24)38-29(42)28-16-23(19-41(28)30(27)43)49-33(46)40-18-21-10-9-12-26(36)25(21)20-40/h7,9-12,22-24,27-28H,4-6,8,13-20H2,1-3H3,(H,37,45)(H,38,42)(H,39,44)/b11-7+/t22-,23-,27+,28+,35-/m0/s1. The van der Waals surface area contributed by atoms with Gasteiger partial charge in [0.15, 0.2) is 0 Å². The van der Waals surface area contributed by atoms with Gasteiger partial charge in [-0.2, -0.15) is 0 Å². The molecule has 0 spiro atoms. The SMILES string of the molecule is CC(C)(C)OC(=O)N[C@@H]1CCCCC/C=C/[C@H]2C[C@]2(C(=O)NS(=O)(=O)C2CC2)NC(=O)[C@H]2C[C@H](OC(=O)N3Cc4cccc(F)c4C3)CN2C1=O. The van der Waals surface area contributed by atoms with Gasteiger partial charge in [0.25, 0.3) is 5.91 Å². The van der Waals surface area contributed by atoms with Gasteiger partial charge in [0, 0.05) is 24.4 Å². The molecule has 3 N–H and O–H groups in total. The fourth-order valence-corrected chi connectivity index (χ4v) is 8.39. The van der Waals surface area contributed by atoms with E-state index >= 15 is 0 Å². The normalized spacial score (nSPS) is 28.9. The summed E-state index contributed by atoms with van der Waals surface area (Å²) < 4.78 is 53.3. The molecule has 16 heteroatoms. The number of fused-ring (bicyclic) bond motifs is 3. The number of sulfonamides is 1. The Balaban J connectivity index is 1.25. The van der Waals surface area contributed by atoms with Crippen molar-refractivity contribution in [3.8, 4) is 0 Å². The van der Waals surface area contributed by atoms with Crippen molar-refractivity contribution in [1.29, 1.82) is 0 Å². The summed E-state index contributed by atoms with van der Waals surface area (Å²) in [6.07, 6.45) is 5.10. The van der Waals surface area contributed by atoms with Crippen molar-refractivity contribution in [3.63, 3.8) is 0 Å². The largest absolute Gasteiger partial charge is 0.444 e. The monoisotopic (exact) mass is 731 g/mol. The van der Waals surface area contributed by atoms with Gasteiger partial charge < -0.3 is 25.0 Å². The van der Waals surface area contributed by atoms with Gasteiger partial charge in [-0.3, -0.25) is 24.0 Å². The fraction of sp³-hybridized carbons (Fsp3) is 0.629. The summed E-state index contributed by atoms with van der Waals surface area (Å²) in [7, 11) is -3.92. The van der Waals surface area contributed by atoms with Crippen molar-refractivity contribution in [1.82, 2.24) is 25.2 Å². The Kier molecular flexibility index (Phi) is 10.1. The van der Waals surface area contributed by atoms with Gasteiger partial charge in [0.1, 0.15) is 35.1 Å². The first-order valence-electron chi connectivity index (χ1n) is 17.6. The van der Waals surface area contributed by atoms with Crippen LogP contribution in [0.1, 0.15) is 89.7 Å². The third kappa shape index (κ3) is 8.31. The topological polar surface area (TPSA) is 181 Å². The highest BCUT2D eigenvalue weighted by molar-refractivity contribution is 7.91. The number of benzene rings is 1. The Morgan fingerprint density at radius 2 is 1.82 bits per heavy atom. The Morgan fingerprint density at radius 3 is 2.53 bits per heavy atom. The second-order valence-electron chi connectivity index (χ2n) is 15.2. The third-order valence-corrected chi connectivity index (χ3v) is 11.8. The van der Waals surface area contributed by atoms with E-state index in [1.54, 1.807) is 32.9 Å². The number of carbonyl (C=O) groups is 5. The zero-order valence-corrected chi connectivity index (χ0v) is 29.9. The summed E-state index contributed by atoms with van der Waals surface area (Å²) in [5.41, 5.74) is -1.36. The van der Waals surface area contributed by atoms with Crippen LogP contribution in [0.3, 0.4) is 0 Å². The fourth-order valence-electron chi connectivity index (χ4n) is 7.02. The van der Waals surface area contributed by atoms with Crippen LogP contribution >= 0.6 is 0 Å². The molecule has 1 aromatic carbocycles. The number of alkyl carbamates (subject to hydrolysis) is 1. The Bertz CT molecular complexity index is 1730. The maximum atomic E-state index is 14.4. The summed E-state index contributed by atoms with van der Waals surface area (Å²) in [6, 6.07) is 2.30. The molecule has 3 aliphatic heterocycles. The summed E-state index contributed by atoms with van der Waals surface area (Å²) in [5.74, 6) is -3.06. The van der Waals surface area contributed by atoms with Crippen molar-refractivity contribution in [2.24, 2.45) is 5.92 Å². The lowest BCUT2D eigenvalue weighted by Gasteiger charge is -2.30. The van der Waals surface area contributed by atoms with Gasteiger partial charge in [-0.05, 0) is 70.9 Å². The number of hydrogen-bond acceptors (Lipinski definition) is 9. The molecule has 2 saturated carbocycles. The van der Waals surface area contributed by atoms with E-state index in [0.29, 0.717) is 36.8 Å². The molecule has 6 rings (SSSR count). The zero-order valence-electron chi connectivity index (χ0n) is 29.1. The molecule has 5 amide bonds. The maximum absolute atomic E-state index is 14.4. The van der Waals surface area contributed by atoms with Gasteiger partial charge in [-0.1, -0.05) is 37.1 Å². The maximum Gasteiger partial charge on any atom is 0.410 e. The molecular formula is C35H46FN5O9S. The highest BCUT2D eigenvalue weighted by Crippen LogP contribution is 2.46. The van der Waals surface area contributed by atoms with Crippen LogP contribution < -0.4 is 15.4 Å². The second-order valence-corrected chi connectivity index (χ2v) is 17.2. The van der Waals surface area contributed by atoms with Crippen LogP contribution in [0.5, 0.6) is 0 Å². The zero-order chi connectivity index (χ0) is 36.7. The lowest BCUT2D eigenvalue weighted by atomic mass is 10.0. The van der Waals surface area contributed by atoms with E-state index in [4.69, 9.17) is 9.47 Å². The quantitative estimate of drug-likeness (QED) is 0.384. The molecule has 14 nitrogen and oxygen atoms in total. The minimum Gasteiger partial charge on any atom is -0.444 e. The van der Waals surface area contributed by atoms with Crippen molar-refractivity contribution in [2.45, 2.75) is 126 Å². The number of halogens is 1. The predicted octanol–water partition coefficient (Wildman–Crippen LogP) is 3.14. The average molecular weight is 732 g/mol. The summed E-state index contributed by atoms with van der Waals surface area (Å²) in [5, 5.41) is 4.79. The minimum atomic E-state index is -3.92. The Hall–Kier alpha value is -4.21. The van der Waals surface area contributed by atoms with Gasteiger partial charge >= 0.3 is 12.2 Å². The van der Waals surface area contributed by atoms with E-state index in [0.717, 1.165) is 12.8 Å². The molecule has 2 aliphatic carbocycles. The highest BCUT2D eigenvalue weighted by atomic mass is 32.2. The first kappa shape index (κ1) is 36.6. The van der Waals surface area contributed by atoms with Crippen LogP contribution in [0.2, 0.25) is 0 Å². The van der Waals surface area contributed by atoms with Crippen LogP contribution in [0.25, 0.3) is 0 Å². The van der Waals surface area contributed by atoms with E-state index in [2.05, 4.69) is 15.4 Å². The van der Waals surface area contributed by atoms with Crippen LogP contribution in [0.15, 0.2) is 30.4 Å². The molecule has 0 bridgehead atoms. The number of carbonyl (C=O) groups excluding carboxylic acids is 5. The van der Waals surface area contributed by atoms with E-state index in [1.807, 2.05) is 12.2 Å². The number of nitrogens with zero attached hydrogens (tertiary/aromatic N) is 2. The van der Waals surface area contributed by atoms with E-state index in [-0.39, 0.29) is 38.9 Å². The third-order valence-electron chi connectivity index (χ3n) is 9.99. The average Bonchev–Trinajstić information content (AvgIpc) is 3.93. The summed E-state index contributed by atoms with van der Waals surface area (Å²) in [6.45, 7) is 5.01. The van der Waals surface area contributed by atoms with Crippen LogP contribution in [-0.2, 0) is 47.0 Å². The van der Waals surface area contributed by atoms with Crippen molar-refractivity contribution in [3.05, 3.63) is 47.3 Å². The number of hydrogen-bond donors (Lipinski definition) is 3. The van der Waals surface area contributed by atoms with Crippen LogP contribution in [-0.4, -0.2) is 89.2 Å². The van der Waals surface area contributed by atoms with Gasteiger partial charge in [-0.25, -0.2) is 22.4 Å². The first-order chi connectivity index (χ1) is 24.1. The van der Waals surface area contributed by atoms with Crippen LogP contribution in [0, 0.1) is 11.7 Å². The van der Waals surface area contributed by atoms with Crippen molar-refractivity contribution in [2.75, 3.05) is 6.54 Å². The predicted molar refractivity (Wildman–Crippen MR) is 180 cm³/mol. The van der Waals surface area contributed by atoms with Gasteiger partial charge in [0.05, 0.1) is 18.3 Å². The lowest BCUT2D eigenvalue weighted by molar-refractivity contribution is -0.141. The molecule has 1 saturated heterocycles. The van der Waals surface area contributed by atoms with E-state index < -0.39 is 86.2 Å². The van der Waals surface area contributed by atoms with Crippen LogP contribution in [0.4, 0.5) is 14.0 Å². The van der Waals surface area contributed by atoms with Gasteiger partial charge in [0.2, 0.25) is 21.8 Å². The summed E-state index contributed by atoms with van der Waals surface area (Å²) >= 11 is 0. The Morgan fingerprint density at radius 1 is 1.06 bits per heavy atom. The number of ether oxygens (including phenoxy) is 2. The molecule has 0 aromatic heterocycles. The molecule has 0 radical (unpaired) electrons. The minimum absolute atomic E-state index is 0.00168. The smallest absolute Gasteiger partial charge is 0.410 e. The Labute approximate surface area is 296 Å². The number of amides is 5. The van der Waals surface area contributed by atoms with Crippen molar-refractivity contribution >= 4 is 39.9 Å². The molecule has 3 fully saturated rings. The van der Waals surface area contributed by atoms with Gasteiger partial charge in [-0.15, -0.1) is 0 Å². The molecule has 1 aromatic rings. The van der Waals surface area contributed by atoms with E-state index in [1.165, 1.54) is 15.9 Å². The molecule has 5 atom stereocenters. The molecule has 0 unspecified atom stereocenters. The molecule has 51 heavy (non-hydrogen) atoms. The number of nitrogens with one attached hydrogen (secondary N) is 3. The summed E-state index contributed by atoms with van der Waals surface area (Å²) in [4.78, 5) is 70.8. The molecular weight excluding hydrogens is 685 g/mol. The molecule has 278 valence electrons. The van der Waals surface area contributed by atoms with E-state index in [9.17, 15) is 36.8 Å². The number of rotatable bonds is 5.